The van der Waals surface area contributed by atoms with Crippen molar-refractivity contribution in [3.05, 3.63) is 52.3 Å². The summed E-state index contributed by atoms with van der Waals surface area (Å²) in [6.07, 6.45) is 1.33. The van der Waals surface area contributed by atoms with Crippen molar-refractivity contribution in [1.82, 2.24) is 19.7 Å². The number of carbonyl (C=O) groups excluding carboxylic acids is 3. The molecule has 9 heteroatoms. The summed E-state index contributed by atoms with van der Waals surface area (Å²) >= 11 is 3.28. The molecule has 160 valence electrons. The van der Waals surface area contributed by atoms with Crippen LogP contribution >= 0.6 is 15.9 Å². The normalized spacial score (nSPS) is 16.0. The Bertz CT molecular complexity index is 1190. The molecule has 1 saturated heterocycles. The monoisotopic (exact) mass is 483 g/mol. The molecular formula is C22H22BrN5O3. The van der Waals surface area contributed by atoms with Crippen molar-refractivity contribution in [3.63, 3.8) is 0 Å². The molecule has 4 rings (SSSR count). The maximum Gasteiger partial charge on any atom is 0.248 e. The number of pyridine rings is 1. The number of fused-ring (bicyclic) bond motifs is 1. The average Bonchev–Trinajstić information content (AvgIpc) is 3.33. The first-order valence-corrected chi connectivity index (χ1v) is 10.8. The number of hydrogen-bond acceptors (Lipinski definition) is 5. The first kappa shape index (κ1) is 21.2. The van der Waals surface area contributed by atoms with Gasteiger partial charge in [-0.15, -0.1) is 0 Å². The van der Waals surface area contributed by atoms with Crippen LogP contribution in [0.1, 0.15) is 35.8 Å². The number of nitrogens with one attached hydrogen (secondary N) is 1. The zero-order valence-corrected chi connectivity index (χ0v) is 18.8. The number of aromatic nitrogens is 3. The Morgan fingerprint density at radius 3 is 2.77 bits per heavy atom. The van der Waals surface area contributed by atoms with E-state index in [0.29, 0.717) is 29.1 Å². The van der Waals surface area contributed by atoms with Crippen LogP contribution in [0.3, 0.4) is 0 Å². The fraction of sp³-hybridized carbons (Fsp3) is 0.318. The maximum absolute atomic E-state index is 13.1. The van der Waals surface area contributed by atoms with Crippen molar-refractivity contribution >= 4 is 50.2 Å². The molecule has 0 bridgehead atoms. The standard InChI is InChI=1S/C22H22BrN5O3/c1-13-8-9-15-17(11-13)28(26-21(15)14(2)29)12-20(30)27-10-4-5-16(27)22(31)25-19-7-3-6-18(23)24-19/h3,6-9,11,16H,4-5,10,12H2,1-2H3,(H,24,25,31)/t16-/m0/s1. The van der Waals surface area contributed by atoms with Gasteiger partial charge in [-0.1, -0.05) is 18.2 Å². The molecule has 0 spiro atoms. The second-order valence-corrected chi connectivity index (χ2v) is 8.48. The Morgan fingerprint density at radius 1 is 1.23 bits per heavy atom. The molecule has 0 aliphatic carbocycles. The maximum atomic E-state index is 13.1. The number of carbonyl (C=O) groups is 3. The van der Waals surface area contributed by atoms with E-state index in [0.717, 1.165) is 22.9 Å². The first-order valence-electron chi connectivity index (χ1n) is 10.0. The summed E-state index contributed by atoms with van der Waals surface area (Å²) in [6.45, 7) is 3.88. The van der Waals surface area contributed by atoms with Gasteiger partial charge < -0.3 is 10.2 Å². The van der Waals surface area contributed by atoms with Gasteiger partial charge in [0.05, 0.1) is 5.52 Å². The number of hydrogen-bond donors (Lipinski definition) is 1. The summed E-state index contributed by atoms with van der Waals surface area (Å²) in [6, 6.07) is 10.4. The van der Waals surface area contributed by atoms with Gasteiger partial charge >= 0.3 is 0 Å². The van der Waals surface area contributed by atoms with Crippen LogP contribution in [0.25, 0.3) is 10.9 Å². The number of ketones is 1. The fourth-order valence-corrected chi connectivity index (χ4v) is 4.25. The molecule has 1 atom stereocenters. The Kier molecular flexibility index (Phi) is 5.86. The van der Waals surface area contributed by atoms with E-state index in [1.165, 1.54) is 6.92 Å². The van der Waals surface area contributed by atoms with E-state index < -0.39 is 6.04 Å². The highest BCUT2D eigenvalue weighted by Crippen LogP contribution is 2.23. The lowest BCUT2D eigenvalue weighted by Gasteiger charge is -2.24. The number of benzene rings is 1. The van der Waals surface area contributed by atoms with Crippen LogP contribution in [0.2, 0.25) is 0 Å². The Morgan fingerprint density at radius 2 is 2.03 bits per heavy atom. The van der Waals surface area contributed by atoms with Crippen molar-refractivity contribution in [1.29, 1.82) is 0 Å². The van der Waals surface area contributed by atoms with Crippen molar-refractivity contribution < 1.29 is 14.4 Å². The molecule has 2 aromatic heterocycles. The van der Waals surface area contributed by atoms with Crippen molar-refractivity contribution in [3.8, 4) is 0 Å². The van der Waals surface area contributed by atoms with E-state index in [2.05, 4.69) is 31.3 Å². The minimum absolute atomic E-state index is 0.0356. The molecule has 1 fully saturated rings. The molecule has 3 aromatic rings. The molecular weight excluding hydrogens is 462 g/mol. The summed E-state index contributed by atoms with van der Waals surface area (Å²) in [5.74, 6) is -0.193. The van der Waals surface area contributed by atoms with Gasteiger partial charge in [0.2, 0.25) is 11.8 Å². The van der Waals surface area contributed by atoms with E-state index >= 15 is 0 Å². The lowest BCUT2D eigenvalue weighted by atomic mass is 10.1. The minimum atomic E-state index is -0.566. The van der Waals surface area contributed by atoms with Crippen LogP contribution in [0.15, 0.2) is 41.0 Å². The molecule has 1 aromatic carbocycles. The number of likely N-dealkylation sites (tertiary alicyclic amines) is 1. The molecule has 31 heavy (non-hydrogen) atoms. The van der Waals surface area contributed by atoms with Gasteiger partial charge in [-0.05, 0) is 59.5 Å². The van der Waals surface area contributed by atoms with Gasteiger partial charge in [0.25, 0.3) is 0 Å². The largest absolute Gasteiger partial charge is 0.329 e. The zero-order chi connectivity index (χ0) is 22.1. The number of Topliss-reactive ketones (excluding diaryl/α,β-unsaturated/α-hetero) is 1. The highest BCUT2D eigenvalue weighted by atomic mass is 79.9. The third-order valence-corrected chi connectivity index (χ3v) is 5.81. The number of anilines is 1. The SMILES string of the molecule is CC(=O)c1nn(CC(=O)N2CCC[C@H]2C(=O)Nc2cccc(Br)n2)c2cc(C)ccc12. The van der Waals surface area contributed by atoms with Crippen molar-refractivity contribution in [2.75, 3.05) is 11.9 Å². The lowest BCUT2D eigenvalue weighted by molar-refractivity contribution is -0.137. The van der Waals surface area contributed by atoms with Gasteiger partial charge in [-0.2, -0.15) is 5.10 Å². The summed E-state index contributed by atoms with van der Waals surface area (Å²) in [4.78, 5) is 43.7. The van der Waals surface area contributed by atoms with Crippen molar-refractivity contribution in [2.45, 2.75) is 39.3 Å². The second kappa shape index (κ2) is 8.58. The minimum Gasteiger partial charge on any atom is -0.329 e. The predicted molar refractivity (Wildman–Crippen MR) is 120 cm³/mol. The molecule has 8 nitrogen and oxygen atoms in total. The molecule has 0 radical (unpaired) electrons. The second-order valence-electron chi connectivity index (χ2n) is 7.66. The molecule has 3 heterocycles. The molecule has 0 unspecified atom stereocenters. The number of rotatable bonds is 5. The van der Waals surface area contributed by atoms with Gasteiger partial charge in [-0.3, -0.25) is 19.1 Å². The summed E-state index contributed by atoms with van der Waals surface area (Å²) < 4.78 is 2.18. The number of amides is 2. The number of halogens is 1. The van der Waals surface area contributed by atoms with E-state index in [1.54, 1.807) is 27.8 Å². The third kappa shape index (κ3) is 4.36. The average molecular weight is 484 g/mol. The third-order valence-electron chi connectivity index (χ3n) is 5.37. The predicted octanol–water partition coefficient (Wildman–Crippen LogP) is 3.33. The van der Waals surface area contributed by atoms with E-state index in [-0.39, 0.29) is 24.1 Å². The van der Waals surface area contributed by atoms with Crippen LogP contribution in [-0.2, 0) is 16.1 Å². The molecule has 1 aliphatic heterocycles. The van der Waals surface area contributed by atoms with E-state index in [1.807, 2.05) is 25.1 Å². The summed E-state index contributed by atoms with van der Waals surface area (Å²) in [5, 5.41) is 7.91. The quantitative estimate of drug-likeness (QED) is 0.443. The van der Waals surface area contributed by atoms with Gasteiger partial charge in [0.15, 0.2) is 5.78 Å². The first-order chi connectivity index (χ1) is 14.8. The van der Waals surface area contributed by atoms with Crippen molar-refractivity contribution in [2.24, 2.45) is 0 Å². The number of aryl methyl sites for hydroxylation is 1. The van der Waals surface area contributed by atoms with Gasteiger partial charge in [0.1, 0.15) is 28.7 Å². The Balaban J connectivity index is 1.55. The highest BCUT2D eigenvalue weighted by Gasteiger charge is 2.34. The smallest absolute Gasteiger partial charge is 0.248 e. The summed E-state index contributed by atoms with van der Waals surface area (Å²) in [7, 11) is 0. The topological polar surface area (TPSA) is 97.2 Å². The lowest BCUT2D eigenvalue weighted by Crippen LogP contribution is -2.44. The molecule has 1 N–H and O–H groups in total. The zero-order valence-electron chi connectivity index (χ0n) is 17.3. The fourth-order valence-electron chi connectivity index (χ4n) is 3.91. The van der Waals surface area contributed by atoms with Crippen LogP contribution in [0.4, 0.5) is 5.82 Å². The van der Waals surface area contributed by atoms with Crippen LogP contribution in [0.5, 0.6) is 0 Å². The molecule has 2 amide bonds. The van der Waals surface area contributed by atoms with Crippen LogP contribution in [0, 0.1) is 6.92 Å². The highest BCUT2D eigenvalue weighted by molar-refractivity contribution is 9.10. The summed E-state index contributed by atoms with van der Waals surface area (Å²) in [5.41, 5.74) is 2.09. The van der Waals surface area contributed by atoms with E-state index in [9.17, 15) is 14.4 Å². The number of nitrogens with zero attached hydrogens (tertiary/aromatic N) is 4. The molecule has 0 saturated carbocycles. The van der Waals surface area contributed by atoms with Gasteiger partial charge in [0, 0.05) is 18.9 Å². The van der Waals surface area contributed by atoms with Crippen LogP contribution < -0.4 is 5.32 Å². The van der Waals surface area contributed by atoms with E-state index in [4.69, 9.17) is 0 Å². The van der Waals surface area contributed by atoms with Gasteiger partial charge in [-0.25, -0.2) is 4.98 Å². The van der Waals surface area contributed by atoms with Crippen LogP contribution in [-0.4, -0.2) is 49.8 Å². The Hall–Kier alpha value is -3.07. The molecule has 1 aliphatic rings. The Labute approximate surface area is 187 Å².